The van der Waals surface area contributed by atoms with E-state index in [1.807, 2.05) is 6.92 Å². The first-order valence-corrected chi connectivity index (χ1v) is 3.53. The Morgan fingerprint density at radius 3 is 3.25 bits per heavy atom. The Bertz CT molecular complexity index is 306. The Balaban J connectivity index is 2.99. The van der Waals surface area contributed by atoms with Gasteiger partial charge in [0.05, 0.1) is 6.61 Å². The summed E-state index contributed by atoms with van der Waals surface area (Å²) in [6.07, 6.45) is 1.61. The van der Waals surface area contributed by atoms with Crippen LogP contribution in [-0.4, -0.2) is 11.6 Å². The molecule has 5 nitrogen and oxygen atoms in total. The lowest BCUT2D eigenvalue weighted by atomic mass is 10.4. The molecule has 1 aromatic rings. The fourth-order valence-corrected chi connectivity index (χ4v) is 0.760. The van der Waals surface area contributed by atoms with E-state index >= 15 is 0 Å². The van der Waals surface area contributed by atoms with E-state index in [9.17, 15) is 0 Å². The Morgan fingerprint density at radius 1 is 1.75 bits per heavy atom. The van der Waals surface area contributed by atoms with E-state index in [4.69, 9.17) is 10.3 Å². The number of nitrogens with one attached hydrogen (secondary N) is 1. The maximum Gasteiger partial charge on any atom is 0.247 e. The molecule has 0 radical (unpaired) electrons. The summed E-state index contributed by atoms with van der Waals surface area (Å²) in [6, 6.07) is 3.41. The van der Waals surface area contributed by atoms with Gasteiger partial charge in [0.2, 0.25) is 16.5 Å². The molecular weight excluding hydrogens is 156 g/mol. The largest absolute Gasteiger partial charge is 0.476 e. The van der Waals surface area contributed by atoms with Gasteiger partial charge in [-0.25, -0.2) is 4.98 Å². The number of rotatable bonds is 3. The molecule has 0 aliphatic rings. The second kappa shape index (κ2) is 4.20. The number of pyridine rings is 1. The van der Waals surface area contributed by atoms with Crippen molar-refractivity contribution in [3.63, 3.8) is 0 Å². The number of hydrogen-bond acceptors (Lipinski definition) is 4. The van der Waals surface area contributed by atoms with Crippen molar-refractivity contribution in [2.45, 2.75) is 6.92 Å². The van der Waals surface area contributed by atoms with E-state index in [2.05, 4.69) is 15.0 Å². The Labute approximate surface area is 69.6 Å². The van der Waals surface area contributed by atoms with Crippen LogP contribution in [0, 0.1) is 5.53 Å². The third kappa shape index (κ3) is 1.87. The van der Waals surface area contributed by atoms with Crippen molar-refractivity contribution >= 4 is 5.69 Å². The zero-order valence-electron chi connectivity index (χ0n) is 6.69. The van der Waals surface area contributed by atoms with Crippen LogP contribution in [0.2, 0.25) is 0 Å². The van der Waals surface area contributed by atoms with Crippen LogP contribution in [0.5, 0.6) is 5.88 Å². The highest BCUT2D eigenvalue weighted by Crippen LogP contribution is 2.22. The summed E-state index contributed by atoms with van der Waals surface area (Å²) < 4.78 is 5.14. The fourth-order valence-electron chi connectivity index (χ4n) is 0.760. The highest BCUT2D eigenvalue weighted by molar-refractivity contribution is 5.45. The summed E-state index contributed by atoms with van der Waals surface area (Å²) in [5, 5.41) is 3.53. The molecular formula is C7H9N4O+. The third-order valence-corrected chi connectivity index (χ3v) is 1.19. The van der Waals surface area contributed by atoms with Gasteiger partial charge in [-0.05, 0) is 19.1 Å². The van der Waals surface area contributed by atoms with Gasteiger partial charge in [-0.2, -0.15) is 0 Å². The molecule has 0 saturated carbocycles. The lowest BCUT2D eigenvalue weighted by Crippen LogP contribution is -1.93. The molecule has 1 rings (SSSR count). The number of aromatic nitrogens is 1. The molecule has 0 spiro atoms. The molecule has 0 aliphatic carbocycles. The summed E-state index contributed by atoms with van der Waals surface area (Å²) in [6.45, 7) is 2.38. The molecule has 0 aromatic carbocycles. The van der Waals surface area contributed by atoms with Crippen LogP contribution in [0.1, 0.15) is 6.92 Å². The number of hydrogen-bond donors (Lipinski definition) is 1. The minimum Gasteiger partial charge on any atom is -0.476 e. The first kappa shape index (κ1) is 8.36. The van der Waals surface area contributed by atoms with Crippen LogP contribution in [0.4, 0.5) is 5.69 Å². The molecule has 0 unspecified atom stereocenters. The van der Waals surface area contributed by atoms with Crippen LogP contribution < -0.4 is 9.65 Å². The molecule has 0 saturated heterocycles. The maximum absolute atomic E-state index is 6.54. The summed E-state index contributed by atoms with van der Waals surface area (Å²) in [4.78, 5) is 6.83. The quantitative estimate of drug-likeness (QED) is 0.546. The molecule has 0 fully saturated rings. The molecule has 1 aromatic heterocycles. The average Bonchev–Trinajstić information content (AvgIpc) is 2.09. The van der Waals surface area contributed by atoms with Crippen molar-refractivity contribution in [2.75, 3.05) is 6.61 Å². The minimum absolute atomic E-state index is 0.413. The van der Waals surface area contributed by atoms with Gasteiger partial charge < -0.3 is 4.74 Å². The average molecular weight is 165 g/mol. The van der Waals surface area contributed by atoms with Gasteiger partial charge in [0.15, 0.2) is 5.11 Å². The van der Waals surface area contributed by atoms with Crippen molar-refractivity contribution < 1.29 is 4.74 Å². The van der Waals surface area contributed by atoms with Crippen molar-refractivity contribution in [1.29, 1.82) is 5.53 Å². The van der Waals surface area contributed by atoms with Gasteiger partial charge in [0.25, 0.3) is 0 Å². The van der Waals surface area contributed by atoms with Crippen molar-refractivity contribution in [1.82, 2.24) is 9.90 Å². The predicted octanol–water partition coefficient (Wildman–Crippen LogP) is 1.66. The molecule has 0 aliphatic heterocycles. The topological polar surface area (TPSA) is 72.4 Å². The Hall–Kier alpha value is -1.74. The lowest BCUT2D eigenvalue weighted by Gasteiger charge is -1.99. The summed E-state index contributed by atoms with van der Waals surface area (Å²) in [5.74, 6) is 0.413. The van der Waals surface area contributed by atoms with Crippen LogP contribution in [0.3, 0.4) is 0 Å². The van der Waals surface area contributed by atoms with Gasteiger partial charge in [0.1, 0.15) is 5.53 Å². The van der Waals surface area contributed by atoms with Gasteiger partial charge >= 0.3 is 0 Å². The Morgan fingerprint density at radius 2 is 2.58 bits per heavy atom. The lowest BCUT2D eigenvalue weighted by molar-refractivity contribution is 0.328. The van der Waals surface area contributed by atoms with Crippen LogP contribution in [-0.2, 0) is 0 Å². The first-order valence-electron chi connectivity index (χ1n) is 3.53. The molecule has 5 heteroatoms. The van der Waals surface area contributed by atoms with Crippen LogP contribution in [0.25, 0.3) is 0 Å². The smallest absolute Gasteiger partial charge is 0.247 e. The monoisotopic (exact) mass is 165 g/mol. The van der Waals surface area contributed by atoms with E-state index in [1.165, 1.54) is 0 Å². The van der Waals surface area contributed by atoms with Crippen molar-refractivity contribution in [3.05, 3.63) is 18.3 Å². The molecule has 1 N–H and O–H groups in total. The molecule has 0 amide bonds. The molecule has 62 valence electrons. The van der Waals surface area contributed by atoms with Crippen molar-refractivity contribution in [3.8, 4) is 5.88 Å². The van der Waals surface area contributed by atoms with E-state index in [0.29, 0.717) is 18.2 Å². The highest BCUT2D eigenvalue weighted by atomic mass is 16.5. The molecule has 0 bridgehead atoms. The second-order valence-electron chi connectivity index (χ2n) is 1.96. The summed E-state index contributed by atoms with van der Waals surface area (Å²) >= 11 is 0. The zero-order chi connectivity index (χ0) is 8.81. The van der Waals surface area contributed by atoms with Crippen LogP contribution >= 0.6 is 0 Å². The first-order chi connectivity index (χ1) is 5.88. The maximum atomic E-state index is 6.54. The number of nitrogens with zero attached hydrogens (tertiary/aromatic N) is 3. The van der Waals surface area contributed by atoms with Gasteiger partial charge in [-0.1, -0.05) is 0 Å². The highest BCUT2D eigenvalue weighted by Gasteiger charge is 2.05. The summed E-state index contributed by atoms with van der Waals surface area (Å²) in [5.41, 5.74) is 7.02. The van der Waals surface area contributed by atoms with Gasteiger partial charge in [0, 0.05) is 6.20 Å². The van der Waals surface area contributed by atoms with Crippen molar-refractivity contribution in [2.24, 2.45) is 5.11 Å². The fraction of sp³-hybridized carbons (Fsp3) is 0.286. The van der Waals surface area contributed by atoms with E-state index in [1.54, 1.807) is 18.3 Å². The number of ether oxygens (including phenoxy) is 1. The van der Waals surface area contributed by atoms with Gasteiger partial charge in [-0.15, -0.1) is 0 Å². The summed E-state index contributed by atoms with van der Waals surface area (Å²) in [7, 11) is 0. The Kier molecular flexibility index (Phi) is 2.93. The predicted molar refractivity (Wildman–Crippen MR) is 42.3 cm³/mol. The van der Waals surface area contributed by atoms with Gasteiger partial charge in [-0.3, -0.25) is 0 Å². The van der Waals surface area contributed by atoms with Crippen LogP contribution in [0.15, 0.2) is 23.4 Å². The molecule has 12 heavy (non-hydrogen) atoms. The minimum atomic E-state index is 0.413. The standard InChI is InChI=1S/C7H9N4O/c1-2-12-7-6(10-11-8)4-3-5-9-7/h3-5,8H,2H2,1H3/q+1. The molecule has 0 atom stereocenters. The normalized spacial score (nSPS) is 8.75. The third-order valence-electron chi connectivity index (χ3n) is 1.19. The van der Waals surface area contributed by atoms with E-state index in [-0.39, 0.29) is 0 Å². The van der Waals surface area contributed by atoms with E-state index in [0.717, 1.165) is 0 Å². The van der Waals surface area contributed by atoms with E-state index < -0.39 is 0 Å². The SMILES string of the molecule is CCOc1ncccc1N=[N+]=N. The zero-order valence-corrected chi connectivity index (χ0v) is 6.69. The second-order valence-corrected chi connectivity index (χ2v) is 1.96. The molecule has 1 heterocycles.